The lowest BCUT2D eigenvalue weighted by Gasteiger charge is -2.27. The smallest absolute Gasteiger partial charge is 0.131 e. The Morgan fingerprint density at radius 3 is 2.78 bits per heavy atom. The van der Waals surface area contributed by atoms with Crippen LogP contribution in [0.2, 0.25) is 0 Å². The Morgan fingerprint density at radius 2 is 2.17 bits per heavy atom. The molecule has 2 nitrogen and oxygen atoms in total. The van der Waals surface area contributed by atoms with Crippen LogP contribution in [0.25, 0.3) is 0 Å². The minimum atomic E-state index is -0.284. The molecule has 0 heterocycles. The maximum atomic E-state index is 13.8. The van der Waals surface area contributed by atoms with Gasteiger partial charge < -0.3 is 10.5 Å². The molecule has 100 valence electrons. The molecule has 18 heavy (non-hydrogen) atoms. The second-order valence-corrected chi connectivity index (χ2v) is 5.48. The first-order valence-electron chi connectivity index (χ1n) is 6.78. The van der Waals surface area contributed by atoms with Crippen molar-refractivity contribution in [3.05, 3.63) is 29.6 Å². The van der Waals surface area contributed by atoms with Gasteiger partial charge in [-0.1, -0.05) is 19.4 Å². The highest BCUT2D eigenvalue weighted by molar-refractivity contribution is 5.30. The van der Waals surface area contributed by atoms with E-state index in [0.717, 1.165) is 12.8 Å². The van der Waals surface area contributed by atoms with Gasteiger partial charge in [-0.25, -0.2) is 4.39 Å². The van der Waals surface area contributed by atoms with Crippen molar-refractivity contribution in [1.29, 1.82) is 0 Å². The molecule has 1 fully saturated rings. The standard InChI is InChI=1S/C15H22FNO/c1-10-4-3-5-12(8-10)18-13-6-7-14(11(2)17)15(16)9-13/h6-7,9-12H,3-5,8,17H2,1-2H3/t10?,11-,12?/m1/s1. The predicted molar refractivity (Wildman–Crippen MR) is 71.1 cm³/mol. The predicted octanol–water partition coefficient (Wildman–Crippen LogP) is 3.80. The fourth-order valence-electron chi connectivity index (χ4n) is 2.63. The molecule has 0 spiro atoms. The molecule has 1 aliphatic rings. The summed E-state index contributed by atoms with van der Waals surface area (Å²) in [4.78, 5) is 0. The number of nitrogens with two attached hydrogens (primary N) is 1. The van der Waals surface area contributed by atoms with Gasteiger partial charge in [-0.3, -0.25) is 0 Å². The minimum Gasteiger partial charge on any atom is -0.490 e. The molecule has 2 unspecified atom stereocenters. The van der Waals surface area contributed by atoms with Crippen LogP contribution >= 0.6 is 0 Å². The zero-order valence-corrected chi connectivity index (χ0v) is 11.2. The molecular formula is C15H22FNO. The SMILES string of the molecule is CC1CCCC(Oc2ccc([C@@H](C)N)c(F)c2)C1. The van der Waals surface area contributed by atoms with Crippen molar-refractivity contribution in [2.24, 2.45) is 11.7 Å². The van der Waals surface area contributed by atoms with Crippen molar-refractivity contribution in [1.82, 2.24) is 0 Å². The Balaban J connectivity index is 2.03. The maximum Gasteiger partial charge on any atom is 0.131 e. The number of halogens is 1. The highest BCUT2D eigenvalue weighted by Crippen LogP contribution is 2.28. The van der Waals surface area contributed by atoms with Crippen LogP contribution in [0.1, 0.15) is 51.1 Å². The molecule has 1 aliphatic carbocycles. The third kappa shape index (κ3) is 3.22. The lowest BCUT2D eigenvalue weighted by atomic mass is 9.89. The highest BCUT2D eigenvalue weighted by atomic mass is 19.1. The summed E-state index contributed by atoms with van der Waals surface area (Å²) < 4.78 is 19.6. The van der Waals surface area contributed by atoms with Crippen molar-refractivity contribution in [2.75, 3.05) is 0 Å². The summed E-state index contributed by atoms with van der Waals surface area (Å²) >= 11 is 0. The van der Waals surface area contributed by atoms with Gasteiger partial charge >= 0.3 is 0 Å². The fourth-order valence-corrected chi connectivity index (χ4v) is 2.63. The van der Waals surface area contributed by atoms with Crippen LogP contribution in [0.3, 0.4) is 0 Å². The first kappa shape index (κ1) is 13.3. The number of hydrogen-bond acceptors (Lipinski definition) is 2. The van der Waals surface area contributed by atoms with Crippen molar-refractivity contribution in [3.63, 3.8) is 0 Å². The van der Waals surface area contributed by atoms with E-state index in [1.165, 1.54) is 18.9 Å². The van der Waals surface area contributed by atoms with Gasteiger partial charge in [-0.2, -0.15) is 0 Å². The first-order valence-corrected chi connectivity index (χ1v) is 6.78. The van der Waals surface area contributed by atoms with Gasteiger partial charge in [0, 0.05) is 17.7 Å². The summed E-state index contributed by atoms with van der Waals surface area (Å²) in [6.45, 7) is 4.02. The van der Waals surface area contributed by atoms with Crippen molar-refractivity contribution >= 4 is 0 Å². The Labute approximate surface area is 108 Å². The van der Waals surface area contributed by atoms with Crippen molar-refractivity contribution in [3.8, 4) is 5.75 Å². The minimum absolute atomic E-state index is 0.231. The third-order valence-electron chi connectivity index (χ3n) is 3.65. The van der Waals surface area contributed by atoms with E-state index < -0.39 is 0 Å². The normalized spacial score (nSPS) is 25.8. The van der Waals surface area contributed by atoms with Crippen LogP contribution in [-0.4, -0.2) is 6.10 Å². The largest absolute Gasteiger partial charge is 0.490 e. The molecule has 2 rings (SSSR count). The second kappa shape index (κ2) is 5.70. The summed E-state index contributed by atoms with van der Waals surface area (Å²) in [7, 11) is 0. The molecule has 1 saturated carbocycles. The maximum absolute atomic E-state index is 13.8. The molecule has 3 heteroatoms. The summed E-state index contributed by atoms with van der Waals surface area (Å²) in [6.07, 6.45) is 4.84. The fraction of sp³-hybridized carbons (Fsp3) is 0.600. The summed E-state index contributed by atoms with van der Waals surface area (Å²) in [6, 6.07) is 4.72. The van der Waals surface area contributed by atoms with Gasteiger partial charge in [0.1, 0.15) is 11.6 Å². The van der Waals surface area contributed by atoms with Crippen LogP contribution in [0, 0.1) is 11.7 Å². The van der Waals surface area contributed by atoms with E-state index in [1.807, 2.05) is 6.07 Å². The Morgan fingerprint density at radius 1 is 1.39 bits per heavy atom. The molecule has 0 radical (unpaired) electrons. The molecular weight excluding hydrogens is 229 g/mol. The number of rotatable bonds is 3. The average molecular weight is 251 g/mol. The van der Waals surface area contributed by atoms with Crippen LogP contribution in [0.4, 0.5) is 4.39 Å². The topological polar surface area (TPSA) is 35.2 Å². The quantitative estimate of drug-likeness (QED) is 0.886. The van der Waals surface area contributed by atoms with Crippen LogP contribution in [0.15, 0.2) is 18.2 Å². The molecule has 3 atom stereocenters. The van der Waals surface area contributed by atoms with Gasteiger partial charge in [0.2, 0.25) is 0 Å². The van der Waals surface area contributed by atoms with E-state index in [9.17, 15) is 4.39 Å². The van der Waals surface area contributed by atoms with Gasteiger partial charge in [-0.15, -0.1) is 0 Å². The van der Waals surface area contributed by atoms with Gasteiger partial charge in [0.05, 0.1) is 6.10 Å². The lowest BCUT2D eigenvalue weighted by Crippen LogP contribution is -2.24. The van der Waals surface area contributed by atoms with E-state index in [4.69, 9.17) is 10.5 Å². The summed E-state index contributed by atoms with van der Waals surface area (Å²) in [5.74, 6) is 1.05. The van der Waals surface area contributed by atoms with E-state index in [0.29, 0.717) is 17.2 Å². The van der Waals surface area contributed by atoms with Gasteiger partial charge in [0.15, 0.2) is 0 Å². The number of hydrogen-bond donors (Lipinski definition) is 1. The van der Waals surface area contributed by atoms with Crippen LogP contribution < -0.4 is 10.5 Å². The molecule has 1 aromatic carbocycles. The molecule has 0 saturated heterocycles. The Hall–Kier alpha value is -1.09. The first-order chi connectivity index (χ1) is 8.56. The van der Waals surface area contributed by atoms with E-state index in [2.05, 4.69) is 6.92 Å². The van der Waals surface area contributed by atoms with Crippen molar-refractivity contribution < 1.29 is 9.13 Å². The van der Waals surface area contributed by atoms with Gasteiger partial charge in [-0.05, 0) is 38.2 Å². The molecule has 0 amide bonds. The summed E-state index contributed by atoms with van der Waals surface area (Å²) in [5, 5.41) is 0. The lowest BCUT2D eigenvalue weighted by molar-refractivity contribution is 0.129. The van der Waals surface area contributed by atoms with Crippen molar-refractivity contribution in [2.45, 2.75) is 51.7 Å². The van der Waals surface area contributed by atoms with Crippen LogP contribution in [0.5, 0.6) is 5.75 Å². The highest BCUT2D eigenvalue weighted by Gasteiger charge is 2.20. The molecule has 0 bridgehead atoms. The zero-order valence-electron chi connectivity index (χ0n) is 11.2. The van der Waals surface area contributed by atoms with E-state index in [-0.39, 0.29) is 18.0 Å². The Bertz CT molecular complexity index is 405. The average Bonchev–Trinajstić information content (AvgIpc) is 2.28. The summed E-state index contributed by atoms with van der Waals surface area (Å²) in [5.41, 5.74) is 6.23. The van der Waals surface area contributed by atoms with E-state index in [1.54, 1.807) is 13.0 Å². The molecule has 2 N–H and O–H groups in total. The molecule has 0 aliphatic heterocycles. The van der Waals surface area contributed by atoms with Crippen LogP contribution in [-0.2, 0) is 0 Å². The Kier molecular flexibility index (Phi) is 4.23. The van der Waals surface area contributed by atoms with E-state index >= 15 is 0 Å². The third-order valence-corrected chi connectivity index (χ3v) is 3.65. The number of benzene rings is 1. The molecule has 0 aromatic heterocycles. The monoisotopic (exact) mass is 251 g/mol. The number of ether oxygens (including phenoxy) is 1. The molecule has 1 aromatic rings. The zero-order chi connectivity index (χ0) is 13.1. The second-order valence-electron chi connectivity index (χ2n) is 5.48. The van der Waals surface area contributed by atoms with Gasteiger partial charge in [0.25, 0.3) is 0 Å².